The van der Waals surface area contributed by atoms with Gasteiger partial charge in [-0.05, 0) is 25.7 Å². The van der Waals surface area contributed by atoms with Crippen molar-refractivity contribution in [1.82, 2.24) is 5.32 Å². The predicted molar refractivity (Wildman–Crippen MR) is 55.4 cm³/mol. The number of rotatable bonds is 3. The zero-order chi connectivity index (χ0) is 10.7. The van der Waals surface area contributed by atoms with Gasteiger partial charge in [-0.3, -0.25) is 4.79 Å². The third kappa shape index (κ3) is 2.69. The molecule has 1 aliphatic heterocycles. The van der Waals surface area contributed by atoms with Gasteiger partial charge < -0.3 is 15.2 Å². The number of hydrogen-bond donors (Lipinski definition) is 2. The van der Waals surface area contributed by atoms with E-state index in [1.807, 2.05) is 0 Å². The molecule has 1 saturated carbocycles. The van der Waals surface area contributed by atoms with Crippen LogP contribution in [-0.2, 0) is 9.53 Å². The summed E-state index contributed by atoms with van der Waals surface area (Å²) in [6, 6.07) is 0. The van der Waals surface area contributed by atoms with Gasteiger partial charge in [0.2, 0.25) is 5.91 Å². The molecule has 1 saturated heterocycles. The summed E-state index contributed by atoms with van der Waals surface area (Å²) in [6.45, 7) is 1.06. The summed E-state index contributed by atoms with van der Waals surface area (Å²) in [4.78, 5) is 11.6. The molecule has 2 aliphatic rings. The second-order valence-electron chi connectivity index (χ2n) is 4.65. The fourth-order valence-electron chi connectivity index (χ4n) is 2.36. The second-order valence-corrected chi connectivity index (χ2v) is 4.65. The van der Waals surface area contributed by atoms with Gasteiger partial charge in [0.15, 0.2) is 0 Å². The Bertz CT molecular complexity index is 230. The fraction of sp³-hybridized carbons (Fsp3) is 0.909. The molecular weight excluding hydrogens is 194 g/mol. The van der Waals surface area contributed by atoms with E-state index in [1.54, 1.807) is 0 Å². The molecule has 15 heavy (non-hydrogen) atoms. The van der Waals surface area contributed by atoms with Crippen LogP contribution >= 0.6 is 0 Å². The first-order valence-corrected chi connectivity index (χ1v) is 5.81. The zero-order valence-corrected chi connectivity index (χ0v) is 9.00. The number of nitrogens with one attached hydrogen (secondary N) is 1. The number of carbonyl (C=O) groups is 1. The van der Waals surface area contributed by atoms with Crippen molar-refractivity contribution >= 4 is 5.91 Å². The summed E-state index contributed by atoms with van der Waals surface area (Å²) in [5.41, 5.74) is -0.658. The molecule has 0 aromatic heterocycles. The normalized spacial score (nSPS) is 29.3. The van der Waals surface area contributed by atoms with Crippen molar-refractivity contribution in [2.24, 2.45) is 0 Å². The maximum atomic E-state index is 11.6. The third-order valence-corrected chi connectivity index (χ3v) is 3.35. The predicted octanol–water partition coefficient (Wildman–Crippen LogP) is 0.587. The first-order chi connectivity index (χ1) is 7.20. The second kappa shape index (κ2) is 4.49. The van der Waals surface area contributed by atoms with Crippen molar-refractivity contribution in [3.05, 3.63) is 0 Å². The summed E-state index contributed by atoms with van der Waals surface area (Å²) >= 11 is 0. The maximum absolute atomic E-state index is 11.6. The molecule has 1 atom stereocenters. The fourth-order valence-corrected chi connectivity index (χ4v) is 2.36. The van der Waals surface area contributed by atoms with Crippen molar-refractivity contribution in [2.75, 3.05) is 13.2 Å². The molecule has 0 bridgehead atoms. The van der Waals surface area contributed by atoms with E-state index in [9.17, 15) is 9.90 Å². The van der Waals surface area contributed by atoms with Crippen LogP contribution < -0.4 is 5.32 Å². The van der Waals surface area contributed by atoms with Crippen LogP contribution in [-0.4, -0.2) is 35.9 Å². The van der Waals surface area contributed by atoms with Gasteiger partial charge in [-0.1, -0.05) is 12.8 Å². The molecule has 1 amide bonds. The van der Waals surface area contributed by atoms with Crippen molar-refractivity contribution in [3.63, 3.8) is 0 Å². The highest BCUT2D eigenvalue weighted by atomic mass is 16.5. The Balaban J connectivity index is 1.74. The average molecular weight is 213 g/mol. The minimum Gasteiger partial charge on any atom is -0.388 e. The SMILES string of the molecule is O=C(NCC1(O)CCCC1)C1CCCO1. The number of hydrogen-bond acceptors (Lipinski definition) is 3. The quantitative estimate of drug-likeness (QED) is 0.721. The van der Waals surface area contributed by atoms with E-state index in [0.29, 0.717) is 13.2 Å². The van der Waals surface area contributed by atoms with E-state index in [1.165, 1.54) is 0 Å². The lowest BCUT2D eigenvalue weighted by Crippen LogP contribution is -2.44. The van der Waals surface area contributed by atoms with Crippen LogP contribution in [0.5, 0.6) is 0 Å². The summed E-state index contributed by atoms with van der Waals surface area (Å²) < 4.78 is 5.27. The lowest BCUT2D eigenvalue weighted by Gasteiger charge is -2.23. The lowest BCUT2D eigenvalue weighted by molar-refractivity contribution is -0.131. The topological polar surface area (TPSA) is 58.6 Å². The monoisotopic (exact) mass is 213 g/mol. The van der Waals surface area contributed by atoms with Crippen LogP contribution in [0.25, 0.3) is 0 Å². The summed E-state index contributed by atoms with van der Waals surface area (Å²) in [6.07, 6.45) is 5.22. The molecule has 1 heterocycles. The van der Waals surface area contributed by atoms with E-state index in [-0.39, 0.29) is 12.0 Å². The van der Waals surface area contributed by atoms with Gasteiger partial charge in [-0.25, -0.2) is 0 Å². The highest BCUT2D eigenvalue weighted by Crippen LogP contribution is 2.28. The Morgan fingerprint density at radius 3 is 2.73 bits per heavy atom. The van der Waals surface area contributed by atoms with E-state index in [0.717, 1.165) is 38.5 Å². The van der Waals surface area contributed by atoms with Crippen LogP contribution in [0.1, 0.15) is 38.5 Å². The van der Waals surface area contributed by atoms with Crippen molar-refractivity contribution in [3.8, 4) is 0 Å². The van der Waals surface area contributed by atoms with Crippen molar-refractivity contribution < 1.29 is 14.6 Å². The Morgan fingerprint density at radius 2 is 2.13 bits per heavy atom. The molecule has 2 rings (SSSR count). The van der Waals surface area contributed by atoms with Gasteiger partial charge in [-0.2, -0.15) is 0 Å². The van der Waals surface area contributed by atoms with E-state index < -0.39 is 5.60 Å². The van der Waals surface area contributed by atoms with E-state index >= 15 is 0 Å². The number of ether oxygens (including phenoxy) is 1. The molecule has 1 aliphatic carbocycles. The van der Waals surface area contributed by atoms with Gasteiger partial charge in [0, 0.05) is 13.2 Å². The average Bonchev–Trinajstić information content (AvgIpc) is 2.85. The third-order valence-electron chi connectivity index (χ3n) is 3.35. The molecule has 4 nitrogen and oxygen atoms in total. The molecule has 0 aromatic rings. The molecule has 0 radical (unpaired) electrons. The Hall–Kier alpha value is -0.610. The van der Waals surface area contributed by atoms with Crippen LogP contribution in [0.3, 0.4) is 0 Å². The molecule has 2 N–H and O–H groups in total. The molecule has 0 aromatic carbocycles. The molecular formula is C11H19NO3. The van der Waals surface area contributed by atoms with Gasteiger partial charge in [0.25, 0.3) is 0 Å². The standard InChI is InChI=1S/C11H19NO3/c13-10(9-4-3-7-15-9)12-8-11(14)5-1-2-6-11/h9,14H,1-8H2,(H,12,13). The van der Waals surface area contributed by atoms with Gasteiger partial charge in [-0.15, -0.1) is 0 Å². The van der Waals surface area contributed by atoms with Gasteiger partial charge in [0.1, 0.15) is 6.10 Å². The first kappa shape index (κ1) is 10.9. The molecule has 1 unspecified atom stereocenters. The van der Waals surface area contributed by atoms with Crippen molar-refractivity contribution in [2.45, 2.75) is 50.2 Å². The summed E-state index contributed by atoms with van der Waals surface area (Å²) in [5.74, 6) is -0.0622. The van der Waals surface area contributed by atoms with Gasteiger partial charge in [0.05, 0.1) is 5.60 Å². The molecule has 0 spiro atoms. The summed E-state index contributed by atoms with van der Waals surface area (Å²) in [5, 5.41) is 12.8. The highest BCUT2D eigenvalue weighted by molar-refractivity contribution is 5.81. The van der Waals surface area contributed by atoms with E-state index in [4.69, 9.17) is 4.74 Å². The van der Waals surface area contributed by atoms with Crippen LogP contribution in [0.4, 0.5) is 0 Å². The van der Waals surface area contributed by atoms with Crippen LogP contribution in [0.2, 0.25) is 0 Å². The molecule has 86 valence electrons. The van der Waals surface area contributed by atoms with Crippen molar-refractivity contribution in [1.29, 1.82) is 0 Å². The van der Waals surface area contributed by atoms with E-state index in [2.05, 4.69) is 5.32 Å². The minimum absolute atomic E-state index is 0.0622. The molecule has 2 fully saturated rings. The Labute approximate surface area is 90.0 Å². The van der Waals surface area contributed by atoms with Crippen LogP contribution in [0.15, 0.2) is 0 Å². The number of carbonyl (C=O) groups excluding carboxylic acids is 1. The Kier molecular flexibility index (Phi) is 3.26. The number of amides is 1. The van der Waals surface area contributed by atoms with Gasteiger partial charge >= 0.3 is 0 Å². The maximum Gasteiger partial charge on any atom is 0.249 e. The summed E-state index contributed by atoms with van der Waals surface area (Å²) in [7, 11) is 0. The zero-order valence-electron chi connectivity index (χ0n) is 9.00. The molecule has 4 heteroatoms. The number of aliphatic hydroxyl groups is 1. The lowest BCUT2D eigenvalue weighted by atomic mass is 10.0. The highest BCUT2D eigenvalue weighted by Gasteiger charge is 2.32. The largest absolute Gasteiger partial charge is 0.388 e. The van der Waals surface area contributed by atoms with Crippen LogP contribution in [0, 0.1) is 0 Å². The minimum atomic E-state index is -0.658. The smallest absolute Gasteiger partial charge is 0.249 e. The first-order valence-electron chi connectivity index (χ1n) is 5.81. The Morgan fingerprint density at radius 1 is 1.40 bits per heavy atom.